The van der Waals surface area contributed by atoms with Gasteiger partial charge < -0.3 is 19.7 Å². The maximum Gasteiger partial charge on any atom is 0.242 e. The van der Waals surface area contributed by atoms with Crippen LogP contribution in [0, 0.1) is 12.3 Å². The van der Waals surface area contributed by atoms with Crippen LogP contribution in [0.2, 0.25) is 0 Å². The van der Waals surface area contributed by atoms with Crippen LogP contribution in [0.4, 0.5) is 0 Å². The zero-order chi connectivity index (χ0) is 16.3. The van der Waals surface area contributed by atoms with Crippen molar-refractivity contribution in [3.05, 3.63) is 36.0 Å². The van der Waals surface area contributed by atoms with Crippen molar-refractivity contribution in [1.82, 2.24) is 9.47 Å². The predicted octanol–water partition coefficient (Wildman–Crippen LogP) is 1.40. The summed E-state index contributed by atoms with van der Waals surface area (Å²) >= 11 is 0. The number of carbonyl (C=O) groups excluding carboxylic acids is 1. The minimum atomic E-state index is -0.682. The first-order valence-electron chi connectivity index (χ1n) is 7.41. The predicted molar refractivity (Wildman–Crippen MR) is 86.6 cm³/mol. The monoisotopic (exact) mass is 304 g/mol. The lowest BCUT2D eigenvalue weighted by Crippen LogP contribution is -2.42. The lowest BCUT2D eigenvalue weighted by Gasteiger charge is -2.30. The van der Waals surface area contributed by atoms with Gasteiger partial charge >= 0.3 is 0 Å². The SMILES string of the molecule is Cc1cc2ccccc2n1CC(=O)N(C)CC(C)(CO)CO. The van der Waals surface area contributed by atoms with E-state index >= 15 is 0 Å². The summed E-state index contributed by atoms with van der Waals surface area (Å²) in [5.41, 5.74) is 1.39. The average molecular weight is 304 g/mol. The fourth-order valence-corrected chi connectivity index (χ4v) is 2.62. The van der Waals surface area contributed by atoms with E-state index in [1.807, 2.05) is 35.8 Å². The summed E-state index contributed by atoms with van der Waals surface area (Å²) in [6.07, 6.45) is 0. The zero-order valence-corrected chi connectivity index (χ0v) is 13.4. The Morgan fingerprint density at radius 2 is 1.91 bits per heavy atom. The van der Waals surface area contributed by atoms with Gasteiger partial charge in [-0.1, -0.05) is 25.1 Å². The molecular formula is C17H24N2O3. The van der Waals surface area contributed by atoms with Gasteiger partial charge in [0.1, 0.15) is 6.54 Å². The van der Waals surface area contributed by atoms with Gasteiger partial charge in [0.25, 0.3) is 0 Å². The van der Waals surface area contributed by atoms with E-state index in [0.29, 0.717) is 6.54 Å². The first-order valence-corrected chi connectivity index (χ1v) is 7.41. The third-order valence-electron chi connectivity index (χ3n) is 4.12. The molecule has 22 heavy (non-hydrogen) atoms. The van der Waals surface area contributed by atoms with Crippen LogP contribution in [0.3, 0.4) is 0 Å². The Balaban J connectivity index is 2.15. The standard InChI is InChI=1S/C17H24N2O3/c1-13-8-14-6-4-5-7-15(14)19(13)9-16(22)18(3)10-17(2,11-20)12-21/h4-8,20-21H,9-12H2,1-3H3. The normalized spacial score (nSPS) is 11.9. The number of rotatable bonds is 6. The molecule has 0 radical (unpaired) electrons. The van der Waals surface area contributed by atoms with Crippen LogP contribution in [0.15, 0.2) is 30.3 Å². The van der Waals surface area contributed by atoms with Crippen LogP contribution in [-0.2, 0) is 11.3 Å². The molecule has 5 nitrogen and oxygen atoms in total. The van der Waals surface area contributed by atoms with E-state index in [4.69, 9.17) is 0 Å². The molecule has 120 valence electrons. The molecule has 2 rings (SSSR count). The number of carbonyl (C=O) groups is 1. The van der Waals surface area contributed by atoms with E-state index in [0.717, 1.165) is 16.6 Å². The molecule has 1 amide bonds. The number of hydrogen-bond acceptors (Lipinski definition) is 3. The third kappa shape index (κ3) is 3.31. The minimum absolute atomic E-state index is 0.0439. The molecule has 0 unspecified atom stereocenters. The lowest BCUT2D eigenvalue weighted by molar-refractivity contribution is -0.132. The second-order valence-electron chi connectivity index (χ2n) is 6.31. The van der Waals surface area contributed by atoms with E-state index in [-0.39, 0.29) is 25.7 Å². The Morgan fingerprint density at radius 3 is 2.55 bits per heavy atom. The zero-order valence-electron chi connectivity index (χ0n) is 13.4. The highest BCUT2D eigenvalue weighted by molar-refractivity contribution is 5.84. The van der Waals surface area contributed by atoms with Crippen LogP contribution < -0.4 is 0 Å². The van der Waals surface area contributed by atoms with Crippen molar-refractivity contribution in [3.63, 3.8) is 0 Å². The van der Waals surface area contributed by atoms with Crippen LogP contribution >= 0.6 is 0 Å². The Morgan fingerprint density at radius 1 is 1.27 bits per heavy atom. The number of hydrogen-bond donors (Lipinski definition) is 2. The van der Waals surface area contributed by atoms with Crippen LogP contribution in [0.25, 0.3) is 10.9 Å². The fraction of sp³-hybridized carbons (Fsp3) is 0.471. The number of aliphatic hydroxyl groups excluding tert-OH is 2. The molecule has 0 aliphatic rings. The summed E-state index contributed by atoms with van der Waals surface area (Å²) in [7, 11) is 1.70. The number of aryl methyl sites for hydroxylation is 1. The molecule has 0 aliphatic carbocycles. The summed E-state index contributed by atoms with van der Waals surface area (Å²) in [6.45, 7) is 3.99. The molecule has 0 atom stereocenters. The van der Waals surface area contributed by atoms with Gasteiger partial charge in [-0.15, -0.1) is 0 Å². The highest BCUT2D eigenvalue weighted by Gasteiger charge is 2.26. The van der Waals surface area contributed by atoms with E-state index in [9.17, 15) is 15.0 Å². The number of likely N-dealkylation sites (N-methyl/N-ethyl adjacent to an activating group) is 1. The molecule has 1 heterocycles. The van der Waals surface area contributed by atoms with Crippen molar-refractivity contribution in [3.8, 4) is 0 Å². The van der Waals surface area contributed by atoms with E-state index in [1.165, 1.54) is 0 Å². The van der Waals surface area contributed by atoms with Gasteiger partial charge in [-0.05, 0) is 24.4 Å². The van der Waals surface area contributed by atoms with E-state index < -0.39 is 5.41 Å². The number of fused-ring (bicyclic) bond motifs is 1. The molecule has 1 aromatic carbocycles. The van der Waals surface area contributed by atoms with E-state index in [1.54, 1.807) is 18.9 Å². The van der Waals surface area contributed by atoms with Crippen molar-refractivity contribution < 1.29 is 15.0 Å². The van der Waals surface area contributed by atoms with Crippen LogP contribution in [0.1, 0.15) is 12.6 Å². The number of benzene rings is 1. The minimum Gasteiger partial charge on any atom is -0.396 e. The first kappa shape index (κ1) is 16.5. The van der Waals surface area contributed by atoms with Gasteiger partial charge in [0.05, 0.1) is 13.2 Å². The van der Waals surface area contributed by atoms with Crippen LogP contribution in [0.5, 0.6) is 0 Å². The number of para-hydroxylation sites is 1. The summed E-state index contributed by atoms with van der Waals surface area (Å²) in [6, 6.07) is 10.0. The Hall–Kier alpha value is -1.85. The van der Waals surface area contributed by atoms with Crippen molar-refractivity contribution in [2.24, 2.45) is 5.41 Å². The molecule has 0 aliphatic heterocycles. The average Bonchev–Trinajstić information content (AvgIpc) is 2.83. The van der Waals surface area contributed by atoms with Gasteiger partial charge in [0.15, 0.2) is 0 Å². The molecule has 0 spiro atoms. The molecule has 2 N–H and O–H groups in total. The smallest absolute Gasteiger partial charge is 0.242 e. The fourth-order valence-electron chi connectivity index (χ4n) is 2.62. The van der Waals surface area contributed by atoms with Crippen molar-refractivity contribution in [2.75, 3.05) is 26.8 Å². The maximum atomic E-state index is 12.5. The second-order valence-corrected chi connectivity index (χ2v) is 6.31. The van der Waals surface area contributed by atoms with Gasteiger partial charge in [-0.25, -0.2) is 0 Å². The summed E-state index contributed by atoms with van der Waals surface area (Å²) in [4.78, 5) is 14.0. The lowest BCUT2D eigenvalue weighted by atomic mass is 9.92. The van der Waals surface area contributed by atoms with Crippen molar-refractivity contribution in [2.45, 2.75) is 20.4 Å². The third-order valence-corrected chi connectivity index (χ3v) is 4.12. The number of amides is 1. The number of aliphatic hydroxyl groups is 2. The highest BCUT2D eigenvalue weighted by Crippen LogP contribution is 2.20. The number of nitrogens with zero attached hydrogens (tertiary/aromatic N) is 2. The molecule has 0 saturated heterocycles. The molecule has 0 bridgehead atoms. The Kier molecular flexibility index (Phi) is 4.88. The molecule has 2 aromatic rings. The van der Waals surface area contributed by atoms with Crippen molar-refractivity contribution >= 4 is 16.8 Å². The maximum absolute atomic E-state index is 12.5. The van der Waals surface area contributed by atoms with Gasteiger partial charge in [0.2, 0.25) is 5.91 Å². The summed E-state index contributed by atoms with van der Waals surface area (Å²) < 4.78 is 1.99. The van der Waals surface area contributed by atoms with E-state index in [2.05, 4.69) is 6.07 Å². The molecule has 0 fully saturated rings. The quantitative estimate of drug-likeness (QED) is 0.848. The topological polar surface area (TPSA) is 65.7 Å². The molecule has 5 heteroatoms. The first-order chi connectivity index (χ1) is 10.4. The largest absolute Gasteiger partial charge is 0.396 e. The molecular weight excluding hydrogens is 280 g/mol. The molecule has 1 aromatic heterocycles. The number of aromatic nitrogens is 1. The van der Waals surface area contributed by atoms with Crippen molar-refractivity contribution in [1.29, 1.82) is 0 Å². The summed E-state index contributed by atoms with van der Waals surface area (Å²) in [5, 5.41) is 19.8. The Labute approximate surface area is 130 Å². The summed E-state index contributed by atoms with van der Waals surface area (Å²) in [5.74, 6) is -0.0439. The molecule has 0 saturated carbocycles. The highest BCUT2D eigenvalue weighted by atomic mass is 16.3. The van der Waals surface area contributed by atoms with Gasteiger partial charge in [-0.3, -0.25) is 4.79 Å². The second kappa shape index (κ2) is 6.50. The Bertz CT molecular complexity index is 659. The van der Waals surface area contributed by atoms with Gasteiger partial charge in [-0.2, -0.15) is 0 Å². The van der Waals surface area contributed by atoms with Gasteiger partial charge in [0, 0.05) is 30.2 Å². The van der Waals surface area contributed by atoms with Crippen LogP contribution in [-0.4, -0.2) is 52.4 Å².